The van der Waals surface area contributed by atoms with Crippen molar-refractivity contribution in [2.75, 3.05) is 7.11 Å². The summed E-state index contributed by atoms with van der Waals surface area (Å²) in [5.41, 5.74) is 0.622. The van der Waals surface area contributed by atoms with Gasteiger partial charge < -0.3 is 10.1 Å². The van der Waals surface area contributed by atoms with E-state index in [-0.39, 0.29) is 11.9 Å². The van der Waals surface area contributed by atoms with Crippen molar-refractivity contribution in [3.8, 4) is 5.75 Å². The van der Waals surface area contributed by atoms with E-state index in [1.54, 1.807) is 25.3 Å². The topological polar surface area (TPSA) is 38.3 Å². The molecule has 1 aromatic rings. The number of alkyl halides is 1. The quantitative estimate of drug-likeness (QED) is 0.792. The van der Waals surface area contributed by atoms with Gasteiger partial charge in [-0.2, -0.15) is 0 Å². The summed E-state index contributed by atoms with van der Waals surface area (Å²) in [6.45, 7) is 4.06. The SMILES string of the molecule is COc1ccc(C(=O)NC(C)CC(C)Br)cc1Br. The molecule has 0 aliphatic carbocycles. The van der Waals surface area contributed by atoms with E-state index >= 15 is 0 Å². The Labute approximate surface area is 125 Å². The third kappa shape index (κ3) is 4.61. The van der Waals surface area contributed by atoms with Crippen LogP contribution in [0.4, 0.5) is 0 Å². The maximum Gasteiger partial charge on any atom is 0.251 e. The van der Waals surface area contributed by atoms with Crippen LogP contribution in [-0.2, 0) is 0 Å². The first kappa shape index (κ1) is 15.5. The van der Waals surface area contributed by atoms with Crippen LogP contribution in [-0.4, -0.2) is 23.9 Å². The Morgan fingerprint density at radius 3 is 2.61 bits per heavy atom. The van der Waals surface area contributed by atoms with E-state index < -0.39 is 0 Å². The number of methoxy groups -OCH3 is 1. The normalized spacial score (nSPS) is 13.8. The van der Waals surface area contributed by atoms with Gasteiger partial charge >= 0.3 is 0 Å². The predicted molar refractivity (Wildman–Crippen MR) is 80.6 cm³/mol. The average Bonchev–Trinajstić information content (AvgIpc) is 2.27. The highest BCUT2D eigenvalue weighted by atomic mass is 79.9. The van der Waals surface area contributed by atoms with Gasteiger partial charge in [-0.15, -0.1) is 0 Å². The van der Waals surface area contributed by atoms with Crippen molar-refractivity contribution in [1.82, 2.24) is 5.32 Å². The van der Waals surface area contributed by atoms with Crippen LogP contribution in [0.2, 0.25) is 0 Å². The van der Waals surface area contributed by atoms with Crippen molar-refractivity contribution in [3.05, 3.63) is 28.2 Å². The number of carbonyl (C=O) groups is 1. The average molecular weight is 379 g/mol. The Morgan fingerprint density at radius 1 is 1.44 bits per heavy atom. The van der Waals surface area contributed by atoms with Gasteiger partial charge in [0.05, 0.1) is 11.6 Å². The molecular formula is C13H17Br2NO2. The number of hydrogen-bond acceptors (Lipinski definition) is 2. The van der Waals surface area contributed by atoms with Crippen LogP contribution in [0.25, 0.3) is 0 Å². The molecule has 0 spiro atoms. The third-order valence-corrected chi connectivity index (χ3v) is 3.46. The zero-order chi connectivity index (χ0) is 13.7. The minimum absolute atomic E-state index is 0.0704. The standard InChI is InChI=1S/C13H17Br2NO2/c1-8(14)6-9(2)16-13(17)10-4-5-12(18-3)11(15)7-10/h4-5,7-9H,6H2,1-3H3,(H,16,17). The molecule has 1 aromatic carbocycles. The molecule has 0 saturated heterocycles. The molecule has 5 heteroatoms. The van der Waals surface area contributed by atoms with Gasteiger partial charge in [-0.05, 0) is 47.5 Å². The van der Waals surface area contributed by atoms with Crippen molar-refractivity contribution in [1.29, 1.82) is 0 Å². The third-order valence-electron chi connectivity index (χ3n) is 2.47. The summed E-state index contributed by atoms with van der Waals surface area (Å²) in [5.74, 6) is 0.646. The summed E-state index contributed by atoms with van der Waals surface area (Å²) < 4.78 is 5.91. The van der Waals surface area contributed by atoms with E-state index in [2.05, 4.69) is 44.1 Å². The zero-order valence-corrected chi connectivity index (χ0v) is 13.8. The lowest BCUT2D eigenvalue weighted by molar-refractivity contribution is 0.0938. The smallest absolute Gasteiger partial charge is 0.251 e. The molecule has 18 heavy (non-hydrogen) atoms. The lowest BCUT2D eigenvalue weighted by Crippen LogP contribution is -2.33. The van der Waals surface area contributed by atoms with Crippen molar-refractivity contribution in [2.45, 2.75) is 31.1 Å². The molecule has 0 radical (unpaired) electrons. The van der Waals surface area contributed by atoms with E-state index in [0.29, 0.717) is 16.1 Å². The number of hydrogen-bond donors (Lipinski definition) is 1. The van der Waals surface area contributed by atoms with Crippen molar-refractivity contribution >= 4 is 37.8 Å². The van der Waals surface area contributed by atoms with Gasteiger partial charge in [0.2, 0.25) is 0 Å². The molecule has 2 atom stereocenters. The number of nitrogens with one attached hydrogen (secondary N) is 1. The molecule has 0 aliphatic rings. The van der Waals surface area contributed by atoms with Crippen LogP contribution in [0, 0.1) is 0 Å². The van der Waals surface area contributed by atoms with Gasteiger partial charge in [0, 0.05) is 16.4 Å². The van der Waals surface area contributed by atoms with Gasteiger partial charge in [-0.3, -0.25) is 4.79 Å². The molecule has 1 amide bonds. The van der Waals surface area contributed by atoms with Crippen LogP contribution in [0.1, 0.15) is 30.6 Å². The molecule has 0 bridgehead atoms. The largest absolute Gasteiger partial charge is 0.496 e. The maximum absolute atomic E-state index is 12.0. The Morgan fingerprint density at radius 2 is 2.11 bits per heavy atom. The first-order chi connectivity index (χ1) is 8.43. The predicted octanol–water partition coefficient (Wildman–Crippen LogP) is 3.75. The second-order valence-corrected chi connectivity index (χ2v) is 6.66. The summed E-state index contributed by atoms with van der Waals surface area (Å²) in [7, 11) is 1.60. The number of carbonyl (C=O) groups excluding carboxylic acids is 1. The molecule has 1 rings (SSSR count). The molecule has 3 nitrogen and oxygen atoms in total. The molecule has 0 aromatic heterocycles. The summed E-state index contributed by atoms with van der Waals surface area (Å²) >= 11 is 6.85. The summed E-state index contributed by atoms with van der Waals surface area (Å²) in [4.78, 5) is 12.4. The van der Waals surface area contributed by atoms with Gasteiger partial charge in [0.15, 0.2) is 0 Å². The fourth-order valence-electron chi connectivity index (χ4n) is 1.66. The van der Waals surface area contributed by atoms with Crippen LogP contribution in [0.3, 0.4) is 0 Å². The summed E-state index contributed by atoms with van der Waals surface area (Å²) in [5, 5.41) is 2.96. The summed E-state index contributed by atoms with van der Waals surface area (Å²) in [6, 6.07) is 5.42. The fourth-order valence-corrected chi connectivity index (χ4v) is 2.76. The highest BCUT2D eigenvalue weighted by Gasteiger charge is 2.12. The highest BCUT2D eigenvalue weighted by molar-refractivity contribution is 9.10. The van der Waals surface area contributed by atoms with Crippen LogP contribution < -0.4 is 10.1 Å². The zero-order valence-electron chi connectivity index (χ0n) is 10.7. The molecule has 1 N–H and O–H groups in total. The lowest BCUT2D eigenvalue weighted by Gasteiger charge is -2.15. The van der Waals surface area contributed by atoms with E-state index in [1.165, 1.54) is 0 Å². The van der Waals surface area contributed by atoms with Crippen molar-refractivity contribution in [2.24, 2.45) is 0 Å². The van der Waals surface area contributed by atoms with Crippen LogP contribution >= 0.6 is 31.9 Å². The van der Waals surface area contributed by atoms with Gasteiger partial charge in [0.1, 0.15) is 5.75 Å². The molecule has 0 fully saturated rings. The van der Waals surface area contributed by atoms with Gasteiger partial charge in [0.25, 0.3) is 5.91 Å². The Bertz CT molecular complexity index is 421. The first-order valence-electron chi connectivity index (χ1n) is 5.72. The van der Waals surface area contributed by atoms with E-state index in [1.807, 2.05) is 6.92 Å². The van der Waals surface area contributed by atoms with Gasteiger partial charge in [-0.1, -0.05) is 22.9 Å². The molecule has 100 valence electrons. The Kier molecular flexibility index (Phi) is 6.15. The molecule has 0 saturated carbocycles. The number of amides is 1. The number of benzene rings is 1. The molecule has 2 unspecified atom stereocenters. The monoisotopic (exact) mass is 377 g/mol. The van der Waals surface area contributed by atoms with Crippen molar-refractivity contribution < 1.29 is 9.53 Å². The first-order valence-corrected chi connectivity index (χ1v) is 7.43. The minimum Gasteiger partial charge on any atom is -0.496 e. The molecular weight excluding hydrogens is 362 g/mol. The second-order valence-electron chi connectivity index (χ2n) is 4.24. The molecule has 0 aliphatic heterocycles. The maximum atomic E-state index is 12.0. The van der Waals surface area contributed by atoms with Crippen molar-refractivity contribution in [3.63, 3.8) is 0 Å². The number of rotatable bonds is 5. The highest BCUT2D eigenvalue weighted by Crippen LogP contribution is 2.25. The van der Waals surface area contributed by atoms with E-state index in [9.17, 15) is 4.79 Å². The van der Waals surface area contributed by atoms with E-state index in [0.717, 1.165) is 10.9 Å². The minimum atomic E-state index is -0.0704. The summed E-state index contributed by atoms with van der Waals surface area (Å²) in [6.07, 6.45) is 0.892. The van der Waals surface area contributed by atoms with Crippen LogP contribution in [0.5, 0.6) is 5.75 Å². The van der Waals surface area contributed by atoms with E-state index in [4.69, 9.17) is 4.74 Å². The molecule has 0 heterocycles. The number of halogens is 2. The second kappa shape index (κ2) is 7.14. The van der Waals surface area contributed by atoms with Crippen LogP contribution in [0.15, 0.2) is 22.7 Å². The lowest BCUT2D eigenvalue weighted by atomic mass is 10.1. The Hall–Kier alpha value is -0.550. The van der Waals surface area contributed by atoms with Gasteiger partial charge in [-0.25, -0.2) is 0 Å². The fraction of sp³-hybridized carbons (Fsp3) is 0.462. The Balaban J connectivity index is 2.70. The number of ether oxygens (including phenoxy) is 1.